The Labute approximate surface area is 193 Å². The van der Waals surface area contributed by atoms with Crippen molar-refractivity contribution in [2.75, 3.05) is 6.54 Å². The number of hydrogen-bond donors (Lipinski definition) is 1. The van der Waals surface area contributed by atoms with Crippen LogP contribution in [0.2, 0.25) is 0 Å². The molecule has 0 radical (unpaired) electrons. The third-order valence-electron chi connectivity index (χ3n) is 6.61. The van der Waals surface area contributed by atoms with Crippen molar-refractivity contribution in [1.82, 2.24) is 34.6 Å². The maximum Gasteiger partial charge on any atom is 0.312 e. The van der Waals surface area contributed by atoms with Crippen LogP contribution in [-0.4, -0.2) is 47.1 Å². The summed E-state index contributed by atoms with van der Waals surface area (Å²) in [7, 11) is 1.85. The molecule has 7 rings (SSSR count). The van der Waals surface area contributed by atoms with Crippen LogP contribution >= 0.6 is 0 Å². The largest absolute Gasteiger partial charge is 0.458 e. The van der Waals surface area contributed by atoms with Gasteiger partial charge in [-0.15, -0.1) is 10.2 Å². The zero-order valence-corrected chi connectivity index (χ0v) is 18.4. The molecule has 0 bridgehead atoms. The number of nitrogens with zero attached hydrogens (tertiary/aromatic N) is 6. The number of aryl methyl sites for hydroxylation is 1. The molecule has 2 aliphatic rings. The summed E-state index contributed by atoms with van der Waals surface area (Å²) in [6, 6.07) is 7.58. The lowest BCUT2D eigenvalue weighted by atomic mass is 9.95. The van der Waals surface area contributed by atoms with Crippen molar-refractivity contribution in [3.05, 3.63) is 71.7 Å². The lowest BCUT2D eigenvalue weighted by molar-refractivity contribution is 0.0631. The molecule has 1 N–H and O–H groups in total. The second kappa shape index (κ2) is 7.14. The number of carbonyl (C=O) groups excluding carboxylic acids is 1. The van der Waals surface area contributed by atoms with Gasteiger partial charge in [-0.1, -0.05) is 18.2 Å². The Morgan fingerprint density at radius 1 is 1.15 bits per heavy atom. The number of hydrogen-bond acceptors (Lipinski definition) is 7. The molecule has 0 spiro atoms. The fourth-order valence-corrected chi connectivity index (χ4v) is 4.90. The summed E-state index contributed by atoms with van der Waals surface area (Å²) >= 11 is 0. The number of aromatic amines is 1. The number of furan rings is 1. The summed E-state index contributed by atoms with van der Waals surface area (Å²) in [5.41, 5.74) is 4.33. The van der Waals surface area contributed by atoms with Gasteiger partial charge in [0, 0.05) is 42.9 Å². The van der Waals surface area contributed by atoms with Crippen LogP contribution in [0.1, 0.15) is 58.2 Å². The molecule has 0 unspecified atom stereocenters. The minimum absolute atomic E-state index is 0.0753. The van der Waals surface area contributed by atoms with Crippen LogP contribution in [0.5, 0.6) is 0 Å². The molecule has 1 amide bonds. The first-order chi connectivity index (χ1) is 16.7. The molecule has 1 saturated carbocycles. The van der Waals surface area contributed by atoms with Gasteiger partial charge in [0.2, 0.25) is 0 Å². The Morgan fingerprint density at radius 2 is 2.03 bits per heavy atom. The van der Waals surface area contributed by atoms with E-state index >= 15 is 0 Å². The van der Waals surface area contributed by atoms with Crippen LogP contribution in [-0.2, 0) is 13.5 Å². The molecule has 5 aromatic rings. The number of carbonyl (C=O) groups is 1. The molecule has 0 saturated heterocycles. The highest BCUT2D eigenvalue weighted by Gasteiger charge is 2.42. The van der Waals surface area contributed by atoms with E-state index in [4.69, 9.17) is 8.83 Å². The summed E-state index contributed by atoms with van der Waals surface area (Å²) in [4.78, 5) is 27.5. The van der Waals surface area contributed by atoms with Gasteiger partial charge in [-0.25, -0.2) is 9.97 Å². The third-order valence-corrected chi connectivity index (χ3v) is 6.61. The second-order valence-corrected chi connectivity index (χ2v) is 8.90. The number of H-pyrrole nitrogens is 1. The molecular weight excluding hydrogens is 434 g/mol. The third kappa shape index (κ3) is 2.91. The van der Waals surface area contributed by atoms with Gasteiger partial charge >= 0.3 is 11.8 Å². The number of aromatic nitrogens is 6. The average Bonchev–Trinajstić information content (AvgIpc) is 3.26. The van der Waals surface area contributed by atoms with Gasteiger partial charge < -0.3 is 23.3 Å². The number of nitrogens with one attached hydrogen (secondary N) is 1. The molecular formula is C24H21N7O3. The van der Waals surface area contributed by atoms with Crippen molar-refractivity contribution in [3.8, 4) is 11.6 Å². The fraction of sp³-hybridized carbons (Fsp3) is 0.292. The van der Waals surface area contributed by atoms with Gasteiger partial charge in [-0.3, -0.25) is 4.79 Å². The standard InChI is InChI=1S/C24H21N7O3/c1-30-10-16(27-12-30)22-28-29-23(34-22)24(32)31-9-8-15-19(26-11-25-15)20(31)21-18(13-6-7-13)14-4-2-3-5-17(14)33-21/h2-5,10-13,20H,6-9H2,1H3,(H,25,26)/t20-/m0/s1. The second-order valence-electron chi connectivity index (χ2n) is 8.90. The molecule has 1 fully saturated rings. The van der Waals surface area contributed by atoms with E-state index in [0.717, 1.165) is 41.0 Å². The SMILES string of the molecule is Cn1cnc(-c2nnc(C(=O)N3CCc4[nH]cnc4[C@H]3c3oc4ccccc4c3C3CC3)o2)c1. The van der Waals surface area contributed by atoms with E-state index in [0.29, 0.717) is 24.6 Å². The summed E-state index contributed by atoms with van der Waals surface area (Å²) in [5.74, 6) is 0.985. The minimum atomic E-state index is -0.476. The number of rotatable bonds is 4. The summed E-state index contributed by atoms with van der Waals surface area (Å²) in [6.07, 6.45) is 7.96. The van der Waals surface area contributed by atoms with Gasteiger partial charge in [0.25, 0.3) is 5.89 Å². The molecule has 170 valence electrons. The summed E-state index contributed by atoms with van der Waals surface area (Å²) < 4.78 is 14.0. The smallest absolute Gasteiger partial charge is 0.312 e. The fourth-order valence-electron chi connectivity index (χ4n) is 4.90. The van der Waals surface area contributed by atoms with Crippen molar-refractivity contribution in [2.24, 2.45) is 7.05 Å². The predicted molar refractivity (Wildman–Crippen MR) is 120 cm³/mol. The summed E-state index contributed by atoms with van der Waals surface area (Å²) in [6.45, 7) is 0.473. The van der Waals surface area contributed by atoms with E-state index in [1.54, 1.807) is 28.3 Å². The normalized spacial score (nSPS) is 17.9. The maximum atomic E-state index is 13.7. The first-order valence-electron chi connectivity index (χ1n) is 11.3. The number of benzene rings is 1. The van der Waals surface area contributed by atoms with Crippen molar-refractivity contribution in [1.29, 1.82) is 0 Å². The topological polar surface area (TPSA) is 119 Å². The lowest BCUT2D eigenvalue weighted by Gasteiger charge is -2.33. The van der Waals surface area contributed by atoms with Crippen LogP contribution in [0.25, 0.3) is 22.6 Å². The Morgan fingerprint density at radius 3 is 2.85 bits per heavy atom. The van der Waals surface area contributed by atoms with Crippen molar-refractivity contribution >= 4 is 16.9 Å². The van der Waals surface area contributed by atoms with Crippen molar-refractivity contribution < 1.29 is 13.6 Å². The molecule has 4 aromatic heterocycles. The quantitative estimate of drug-likeness (QED) is 0.440. The molecule has 34 heavy (non-hydrogen) atoms. The van der Waals surface area contributed by atoms with Gasteiger partial charge in [-0.2, -0.15) is 0 Å². The highest BCUT2D eigenvalue weighted by Crippen LogP contribution is 2.50. The zero-order chi connectivity index (χ0) is 22.8. The molecule has 1 aromatic carbocycles. The molecule has 10 nitrogen and oxygen atoms in total. The molecule has 1 aliphatic heterocycles. The maximum absolute atomic E-state index is 13.7. The van der Waals surface area contributed by atoms with Gasteiger partial charge in [0.1, 0.15) is 23.1 Å². The Bertz CT molecular complexity index is 1540. The van der Waals surface area contributed by atoms with E-state index in [2.05, 4.69) is 31.2 Å². The number of fused-ring (bicyclic) bond motifs is 2. The van der Waals surface area contributed by atoms with Crippen LogP contribution < -0.4 is 0 Å². The zero-order valence-electron chi connectivity index (χ0n) is 18.4. The van der Waals surface area contributed by atoms with Crippen LogP contribution in [0.3, 0.4) is 0 Å². The minimum Gasteiger partial charge on any atom is -0.458 e. The van der Waals surface area contributed by atoms with E-state index in [1.807, 2.05) is 25.2 Å². The predicted octanol–water partition coefficient (Wildman–Crippen LogP) is 3.60. The Kier molecular flexibility index (Phi) is 4.05. The molecule has 1 atom stereocenters. The monoisotopic (exact) mass is 455 g/mol. The molecule has 5 heterocycles. The van der Waals surface area contributed by atoms with E-state index in [9.17, 15) is 4.79 Å². The Hall–Kier alpha value is -4.21. The van der Waals surface area contributed by atoms with E-state index in [-0.39, 0.29) is 17.7 Å². The van der Waals surface area contributed by atoms with Gasteiger partial charge in [-0.05, 0) is 24.8 Å². The van der Waals surface area contributed by atoms with Gasteiger partial charge in [0.05, 0.1) is 18.3 Å². The van der Waals surface area contributed by atoms with Crippen LogP contribution in [0, 0.1) is 0 Å². The number of imidazole rings is 2. The first-order valence-corrected chi connectivity index (χ1v) is 11.3. The molecule has 10 heteroatoms. The first kappa shape index (κ1) is 19.3. The Balaban J connectivity index is 1.33. The average molecular weight is 455 g/mol. The summed E-state index contributed by atoms with van der Waals surface area (Å²) in [5, 5.41) is 9.20. The highest BCUT2D eigenvalue weighted by molar-refractivity contribution is 5.91. The molecule has 1 aliphatic carbocycles. The number of amides is 1. The van der Waals surface area contributed by atoms with Crippen LogP contribution in [0.4, 0.5) is 0 Å². The van der Waals surface area contributed by atoms with Gasteiger partial charge in [0.15, 0.2) is 0 Å². The van der Waals surface area contributed by atoms with Crippen molar-refractivity contribution in [2.45, 2.75) is 31.2 Å². The number of para-hydroxylation sites is 1. The van der Waals surface area contributed by atoms with Crippen molar-refractivity contribution in [3.63, 3.8) is 0 Å². The van der Waals surface area contributed by atoms with E-state index in [1.165, 1.54) is 5.56 Å². The highest BCUT2D eigenvalue weighted by atomic mass is 16.4. The lowest BCUT2D eigenvalue weighted by Crippen LogP contribution is -2.41. The van der Waals surface area contributed by atoms with E-state index < -0.39 is 6.04 Å². The van der Waals surface area contributed by atoms with Crippen LogP contribution in [0.15, 0.2) is 52.0 Å².